The molecule has 5 rings (SSSR count). The van der Waals surface area contributed by atoms with Gasteiger partial charge in [-0.2, -0.15) is 13.2 Å². The molecule has 2 amide bonds. The maximum Gasteiger partial charge on any atom is 0.416 e. The van der Waals surface area contributed by atoms with E-state index < -0.39 is 29.4 Å². The number of nitrogens with zero attached hydrogens (tertiary/aromatic N) is 2. The number of anilines is 2. The molecule has 0 aliphatic carbocycles. The second-order valence-corrected chi connectivity index (χ2v) is 7.75. The number of fused-ring (bicyclic) bond motifs is 1. The normalized spacial score (nSPS) is 16.1. The van der Waals surface area contributed by atoms with Crippen molar-refractivity contribution < 1.29 is 27.2 Å². The van der Waals surface area contributed by atoms with Crippen molar-refractivity contribution in [2.75, 3.05) is 16.3 Å². The maximum atomic E-state index is 13.6. The number of hydrogen-bond acceptors (Lipinski definition) is 3. The summed E-state index contributed by atoms with van der Waals surface area (Å²) in [5.74, 6) is -2.00. The van der Waals surface area contributed by atoms with Crippen LogP contribution in [0.4, 0.5) is 28.9 Å². The standard InChI is InChI=1S/C25H16F4N2O2/c26-18-10-8-16(9-11-18)21-22(30-13-12-15-4-1-2-7-20(15)30)24(33)31(23(21)32)19-6-3-5-17(14-19)25(27,28)29/h1-11,14H,12-13H2. The minimum atomic E-state index is -4.63. The molecule has 33 heavy (non-hydrogen) atoms. The van der Waals surface area contributed by atoms with E-state index in [1.165, 1.54) is 30.3 Å². The van der Waals surface area contributed by atoms with Crippen LogP contribution >= 0.6 is 0 Å². The Kier molecular flexibility index (Phi) is 4.81. The lowest BCUT2D eigenvalue weighted by atomic mass is 10.0. The van der Waals surface area contributed by atoms with E-state index in [0.717, 1.165) is 34.3 Å². The SMILES string of the molecule is O=C1C(c2ccc(F)cc2)=C(N2CCc3ccccc32)C(=O)N1c1cccc(C(F)(F)F)c1. The lowest BCUT2D eigenvalue weighted by molar-refractivity contribution is -0.137. The fraction of sp³-hybridized carbons (Fsp3) is 0.120. The van der Waals surface area contributed by atoms with E-state index in [0.29, 0.717) is 18.5 Å². The van der Waals surface area contributed by atoms with E-state index in [9.17, 15) is 27.2 Å². The zero-order valence-electron chi connectivity index (χ0n) is 17.1. The van der Waals surface area contributed by atoms with Gasteiger partial charge in [0.05, 0.1) is 16.8 Å². The highest BCUT2D eigenvalue weighted by molar-refractivity contribution is 6.46. The quantitative estimate of drug-likeness (QED) is 0.406. The van der Waals surface area contributed by atoms with Crippen molar-refractivity contribution in [3.05, 3.63) is 101 Å². The number of hydrogen-bond donors (Lipinski definition) is 0. The highest BCUT2D eigenvalue weighted by Crippen LogP contribution is 2.41. The second kappa shape index (κ2) is 7.58. The lowest BCUT2D eigenvalue weighted by Crippen LogP contribution is -2.35. The molecule has 166 valence electrons. The van der Waals surface area contributed by atoms with Crippen LogP contribution in [0.15, 0.2) is 78.5 Å². The number of para-hydroxylation sites is 1. The van der Waals surface area contributed by atoms with Gasteiger partial charge < -0.3 is 4.90 Å². The van der Waals surface area contributed by atoms with Gasteiger partial charge in [0.25, 0.3) is 11.8 Å². The number of carbonyl (C=O) groups excluding carboxylic acids is 2. The van der Waals surface area contributed by atoms with E-state index in [4.69, 9.17) is 0 Å². The van der Waals surface area contributed by atoms with Crippen LogP contribution in [-0.2, 0) is 22.2 Å². The summed E-state index contributed by atoms with van der Waals surface area (Å²) in [5.41, 5.74) is 0.984. The molecule has 2 aliphatic heterocycles. The van der Waals surface area contributed by atoms with E-state index >= 15 is 0 Å². The fourth-order valence-electron chi connectivity index (χ4n) is 4.27. The minimum absolute atomic E-state index is 0.0223. The summed E-state index contributed by atoms with van der Waals surface area (Å²) in [6.07, 6.45) is -3.99. The predicted octanol–water partition coefficient (Wildman–Crippen LogP) is 5.19. The molecule has 2 aliphatic rings. The molecule has 0 unspecified atom stereocenters. The van der Waals surface area contributed by atoms with Crippen LogP contribution in [0.3, 0.4) is 0 Å². The van der Waals surface area contributed by atoms with Gasteiger partial charge in [0.15, 0.2) is 0 Å². The summed E-state index contributed by atoms with van der Waals surface area (Å²) in [4.78, 5) is 29.5. The third kappa shape index (κ3) is 3.47. The molecule has 3 aromatic rings. The number of carbonyl (C=O) groups is 2. The fourth-order valence-corrected chi connectivity index (χ4v) is 4.27. The molecule has 0 fully saturated rings. The molecule has 3 aromatic carbocycles. The Morgan fingerprint density at radius 2 is 1.55 bits per heavy atom. The summed E-state index contributed by atoms with van der Waals surface area (Å²) >= 11 is 0. The third-order valence-electron chi connectivity index (χ3n) is 5.78. The van der Waals surface area contributed by atoms with Gasteiger partial charge in [-0.15, -0.1) is 0 Å². The Balaban J connectivity index is 1.66. The van der Waals surface area contributed by atoms with Gasteiger partial charge in [0.1, 0.15) is 11.5 Å². The van der Waals surface area contributed by atoms with Gasteiger partial charge in [-0.05, 0) is 53.9 Å². The Morgan fingerprint density at radius 3 is 2.27 bits per heavy atom. The number of benzene rings is 3. The van der Waals surface area contributed by atoms with Crippen LogP contribution in [-0.4, -0.2) is 18.4 Å². The molecule has 0 aromatic heterocycles. The molecule has 0 bridgehead atoms. The Bertz CT molecular complexity index is 1310. The van der Waals surface area contributed by atoms with Crippen molar-refractivity contribution in [1.29, 1.82) is 0 Å². The zero-order chi connectivity index (χ0) is 23.3. The van der Waals surface area contributed by atoms with Crippen molar-refractivity contribution in [2.24, 2.45) is 0 Å². The Labute approximate surface area is 186 Å². The summed E-state index contributed by atoms with van der Waals surface area (Å²) < 4.78 is 53.4. The first-order chi connectivity index (χ1) is 15.8. The summed E-state index contributed by atoms with van der Waals surface area (Å²) in [6, 6.07) is 16.6. The maximum absolute atomic E-state index is 13.6. The highest BCUT2D eigenvalue weighted by Gasteiger charge is 2.44. The molecule has 0 saturated carbocycles. The molecular formula is C25H16F4N2O2. The smallest absolute Gasteiger partial charge is 0.336 e. The predicted molar refractivity (Wildman–Crippen MR) is 115 cm³/mol. The van der Waals surface area contributed by atoms with E-state index in [-0.39, 0.29) is 17.0 Å². The van der Waals surface area contributed by atoms with Gasteiger partial charge >= 0.3 is 6.18 Å². The van der Waals surface area contributed by atoms with Crippen LogP contribution in [0.25, 0.3) is 5.57 Å². The van der Waals surface area contributed by atoms with Gasteiger partial charge in [0.2, 0.25) is 0 Å². The number of halogens is 4. The number of alkyl halides is 3. The molecule has 0 saturated heterocycles. The summed E-state index contributed by atoms with van der Waals surface area (Å²) in [5, 5.41) is 0. The first-order valence-electron chi connectivity index (χ1n) is 10.2. The van der Waals surface area contributed by atoms with Crippen molar-refractivity contribution in [3.8, 4) is 0 Å². The van der Waals surface area contributed by atoms with Crippen molar-refractivity contribution in [2.45, 2.75) is 12.6 Å². The first kappa shape index (κ1) is 20.9. The molecule has 0 radical (unpaired) electrons. The largest absolute Gasteiger partial charge is 0.416 e. The van der Waals surface area contributed by atoms with E-state index in [2.05, 4.69) is 0 Å². The van der Waals surface area contributed by atoms with Gasteiger partial charge in [-0.1, -0.05) is 36.4 Å². The number of imide groups is 1. The van der Waals surface area contributed by atoms with E-state index in [1.807, 2.05) is 18.2 Å². The van der Waals surface area contributed by atoms with Crippen molar-refractivity contribution in [1.82, 2.24) is 0 Å². The van der Waals surface area contributed by atoms with Crippen LogP contribution < -0.4 is 9.80 Å². The highest BCUT2D eigenvalue weighted by atomic mass is 19.4. The average molecular weight is 452 g/mol. The number of amides is 2. The van der Waals surface area contributed by atoms with Crippen LogP contribution in [0.5, 0.6) is 0 Å². The molecule has 0 N–H and O–H groups in total. The van der Waals surface area contributed by atoms with Crippen LogP contribution in [0, 0.1) is 5.82 Å². The first-order valence-corrected chi connectivity index (χ1v) is 10.2. The topological polar surface area (TPSA) is 40.6 Å². The van der Waals surface area contributed by atoms with Crippen molar-refractivity contribution >= 4 is 28.8 Å². The molecule has 2 heterocycles. The third-order valence-corrected chi connectivity index (χ3v) is 5.78. The lowest BCUT2D eigenvalue weighted by Gasteiger charge is -2.22. The summed E-state index contributed by atoms with van der Waals surface area (Å²) in [6.45, 7) is 0.425. The molecule has 4 nitrogen and oxygen atoms in total. The zero-order valence-corrected chi connectivity index (χ0v) is 17.1. The molecule has 0 spiro atoms. The average Bonchev–Trinajstić information content (AvgIpc) is 3.32. The monoisotopic (exact) mass is 452 g/mol. The molecular weight excluding hydrogens is 436 g/mol. The van der Waals surface area contributed by atoms with Gasteiger partial charge in [-0.25, -0.2) is 9.29 Å². The van der Waals surface area contributed by atoms with Crippen LogP contribution in [0.1, 0.15) is 16.7 Å². The number of rotatable bonds is 3. The summed E-state index contributed by atoms with van der Waals surface area (Å²) in [7, 11) is 0. The van der Waals surface area contributed by atoms with Gasteiger partial charge in [-0.3, -0.25) is 9.59 Å². The Morgan fingerprint density at radius 1 is 0.818 bits per heavy atom. The molecule has 0 atom stereocenters. The Hall–Kier alpha value is -3.94. The van der Waals surface area contributed by atoms with Crippen LogP contribution in [0.2, 0.25) is 0 Å². The van der Waals surface area contributed by atoms with Crippen molar-refractivity contribution in [3.63, 3.8) is 0 Å². The molecule has 8 heteroatoms. The van der Waals surface area contributed by atoms with E-state index in [1.54, 1.807) is 11.0 Å². The van der Waals surface area contributed by atoms with Gasteiger partial charge in [0, 0.05) is 12.2 Å². The minimum Gasteiger partial charge on any atom is -0.336 e. The second-order valence-electron chi connectivity index (χ2n) is 7.75.